The Morgan fingerprint density at radius 1 is 0.791 bits per heavy atom. The van der Waals surface area contributed by atoms with Crippen molar-refractivity contribution in [2.75, 3.05) is 71.3 Å². The Balaban J connectivity index is 0.842. The number of fused-ring (bicyclic) bond motifs is 3. The topological polar surface area (TPSA) is 211 Å². The summed E-state index contributed by atoms with van der Waals surface area (Å²) >= 11 is 0. The number of benzene rings is 2. The van der Waals surface area contributed by atoms with Crippen LogP contribution in [0.5, 0.6) is 0 Å². The number of cyclic esters (lactones) is 1. The van der Waals surface area contributed by atoms with Crippen LogP contribution in [0.1, 0.15) is 105 Å². The number of ether oxygens (including phenoxy) is 7. The van der Waals surface area contributed by atoms with Crippen LogP contribution in [0.3, 0.4) is 0 Å². The molecular weight excluding hydrogens is 865 g/mol. The Morgan fingerprint density at radius 2 is 1.49 bits per heavy atom. The number of ketones is 1. The molecule has 2 aliphatic heterocycles. The van der Waals surface area contributed by atoms with E-state index in [1.807, 2.05) is 13.0 Å². The summed E-state index contributed by atoms with van der Waals surface area (Å²) in [5, 5.41) is 16.8. The van der Waals surface area contributed by atoms with Crippen molar-refractivity contribution in [2.45, 2.75) is 96.4 Å². The lowest BCUT2D eigenvalue weighted by Crippen LogP contribution is -2.61. The number of esters is 4. The molecule has 7 atom stereocenters. The number of terminal acetylenes is 1. The van der Waals surface area contributed by atoms with Gasteiger partial charge < -0.3 is 43.6 Å². The lowest BCUT2D eigenvalue weighted by Gasteiger charge is -2.61. The van der Waals surface area contributed by atoms with E-state index in [1.54, 1.807) is 36.4 Å². The number of carbonyl (C=O) groups is 6. The van der Waals surface area contributed by atoms with Crippen LogP contribution in [0.2, 0.25) is 0 Å². The van der Waals surface area contributed by atoms with Gasteiger partial charge in [0.1, 0.15) is 19.8 Å². The standard InChI is InChI=1S/C51H64N2O14/c1-5-23-61-26-27-62-28-29-63-45(57)32-52-31-43(55)53-37-16-14-35(15-17-37)46(58)34-10-12-36(13-11-34)47(59)64-24-8-6-7-9-44(56)66-33-50(3)40-18-22-51(4)41(49(40,2)21-19-42(50)54)30-39(67-51)38-20-25-65-48(38)60/h1,10-17,20,39-42,52,54H,6-9,18-19,21-33H2,2-4H3,(H,53,55)/t39?,40?,41?,42-,49-,50+,51?/m1/s1. The maximum atomic E-state index is 13.1. The highest BCUT2D eigenvalue weighted by molar-refractivity contribution is 6.09. The molecule has 1 amide bonds. The van der Waals surface area contributed by atoms with Gasteiger partial charge in [-0.25, -0.2) is 9.59 Å². The van der Waals surface area contributed by atoms with E-state index in [-0.39, 0.29) is 106 Å². The van der Waals surface area contributed by atoms with Crippen molar-refractivity contribution in [3.05, 3.63) is 76.9 Å². The maximum absolute atomic E-state index is 13.1. The predicted octanol–water partition coefficient (Wildman–Crippen LogP) is 5.14. The second-order valence-corrected chi connectivity index (χ2v) is 18.5. The summed E-state index contributed by atoms with van der Waals surface area (Å²) in [5.74, 6) is 0.268. The number of unbranched alkanes of at least 4 members (excludes halogenated alkanes) is 2. The van der Waals surface area contributed by atoms with Crippen LogP contribution in [0.25, 0.3) is 0 Å². The third-order valence-electron chi connectivity index (χ3n) is 14.0. The van der Waals surface area contributed by atoms with Gasteiger partial charge in [-0.1, -0.05) is 31.9 Å². The number of nitrogens with one attached hydrogen (secondary N) is 2. The van der Waals surface area contributed by atoms with Gasteiger partial charge in [-0.05, 0) is 118 Å². The van der Waals surface area contributed by atoms with Crippen molar-refractivity contribution in [3.63, 3.8) is 0 Å². The van der Waals surface area contributed by atoms with Crippen LogP contribution >= 0.6 is 0 Å². The normalized spacial score (nSPS) is 26.3. The Morgan fingerprint density at radius 3 is 2.21 bits per heavy atom. The largest absolute Gasteiger partial charge is 0.465 e. The maximum Gasteiger partial charge on any atom is 0.338 e. The minimum Gasteiger partial charge on any atom is -0.465 e. The molecule has 2 aromatic rings. The summed E-state index contributed by atoms with van der Waals surface area (Å²) in [6.45, 7) is 7.87. The number of rotatable bonds is 24. The quantitative estimate of drug-likeness (QED) is 0.0409. The van der Waals surface area contributed by atoms with Crippen LogP contribution < -0.4 is 10.6 Å². The third-order valence-corrected chi connectivity index (χ3v) is 14.0. The highest BCUT2D eigenvalue weighted by Crippen LogP contribution is 2.66. The molecule has 6 rings (SSSR count). The molecular formula is C51H64N2O14. The fourth-order valence-electron chi connectivity index (χ4n) is 10.4. The number of anilines is 1. The van der Waals surface area contributed by atoms with Crippen LogP contribution in [-0.4, -0.2) is 124 Å². The minimum atomic E-state index is -0.626. The monoisotopic (exact) mass is 928 g/mol. The van der Waals surface area contributed by atoms with Crippen molar-refractivity contribution in [3.8, 4) is 12.3 Å². The first-order chi connectivity index (χ1) is 32.2. The first-order valence-corrected chi connectivity index (χ1v) is 23.2. The lowest BCUT2D eigenvalue weighted by molar-refractivity contribution is -0.203. The summed E-state index contributed by atoms with van der Waals surface area (Å²) < 4.78 is 38.5. The molecule has 2 heterocycles. The van der Waals surface area contributed by atoms with Crippen LogP contribution in [0.4, 0.5) is 5.69 Å². The van der Waals surface area contributed by atoms with Gasteiger partial charge in [-0.3, -0.25) is 24.5 Å². The fraction of sp³-hybridized carbons (Fsp3) is 0.569. The van der Waals surface area contributed by atoms with Crippen LogP contribution in [0, 0.1) is 35.0 Å². The molecule has 2 aliphatic carbocycles. The highest BCUT2D eigenvalue weighted by atomic mass is 16.6. The van der Waals surface area contributed by atoms with Crippen molar-refractivity contribution < 1.29 is 67.0 Å². The van der Waals surface area contributed by atoms with Crippen LogP contribution in [-0.2, 0) is 52.3 Å². The van der Waals surface area contributed by atoms with Crippen molar-refractivity contribution >= 4 is 41.3 Å². The SMILES string of the molecule is C#CCOCCOCCOC(=O)CNCC(=O)Nc1ccc(C(=O)c2ccc(C(=O)OCCCCCC(=O)OC[C@@]3(C)C4CCC5(C)OC(C6=CCOC6=O)CC5[C@]4(C)CC[C@H]3O)cc2)cc1. The lowest BCUT2D eigenvalue weighted by atomic mass is 9.44. The van der Waals surface area contributed by atoms with Gasteiger partial charge in [-0.15, -0.1) is 6.42 Å². The van der Waals surface area contributed by atoms with Gasteiger partial charge in [0.2, 0.25) is 5.91 Å². The molecule has 3 N–H and O–H groups in total. The summed E-state index contributed by atoms with van der Waals surface area (Å²) in [7, 11) is 0. The van der Waals surface area contributed by atoms with Crippen molar-refractivity contribution in [1.29, 1.82) is 0 Å². The molecule has 1 saturated heterocycles. The van der Waals surface area contributed by atoms with Crippen LogP contribution in [0.15, 0.2) is 60.2 Å². The number of aliphatic hydroxyl groups is 1. The molecule has 0 spiro atoms. The second kappa shape index (κ2) is 23.5. The van der Waals surface area contributed by atoms with Gasteiger partial charge in [0.25, 0.3) is 0 Å². The summed E-state index contributed by atoms with van der Waals surface area (Å²) in [6, 6.07) is 12.5. The molecule has 3 fully saturated rings. The predicted molar refractivity (Wildman–Crippen MR) is 244 cm³/mol. The Labute approximate surface area is 392 Å². The molecule has 0 radical (unpaired) electrons. The fourth-order valence-corrected chi connectivity index (χ4v) is 10.4. The van der Waals surface area contributed by atoms with E-state index in [9.17, 15) is 33.9 Å². The van der Waals surface area contributed by atoms with Gasteiger partial charge in [0.15, 0.2) is 5.78 Å². The van der Waals surface area contributed by atoms with E-state index in [1.165, 1.54) is 12.1 Å². The molecule has 16 heteroatoms. The van der Waals surface area contributed by atoms with E-state index in [0.29, 0.717) is 66.8 Å². The summed E-state index contributed by atoms with van der Waals surface area (Å²) in [4.78, 5) is 75.4. The van der Waals surface area contributed by atoms with E-state index >= 15 is 0 Å². The molecule has 16 nitrogen and oxygen atoms in total. The number of hydrogen-bond acceptors (Lipinski definition) is 15. The first-order valence-electron chi connectivity index (χ1n) is 23.2. The average Bonchev–Trinajstić information content (AvgIpc) is 3.92. The molecule has 4 aliphatic rings. The van der Waals surface area contributed by atoms with E-state index < -0.39 is 29.4 Å². The van der Waals surface area contributed by atoms with E-state index in [2.05, 4.69) is 30.4 Å². The van der Waals surface area contributed by atoms with Gasteiger partial charge in [0.05, 0.1) is 75.1 Å². The summed E-state index contributed by atoms with van der Waals surface area (Å²) in [6.07, 6.45) is 11.7. The van der Waals surface area contributed by atoms with E-state index in [4.69, 9.17) is 39.6 Å². The zero-order valence-electron chi connectivity index (χ0n) is 38.8. The molecule has 0 aromatic heterocycles. The zero-order valence-corrected chi connectivity index (χ0v) is 38.8. The number of aliphatic hydroxyl groups excluding tert-OH is 1. The molecule has 0 bridgehead atoms. The average molecular weight is 929 g/mol. The minimum absolute atomic E-state index is 0.0622. The Hall–Kier alpha value is -5.44. The molecule has 67 heavy (non-hydrogen) atoms. The zero-order chi connectivity index (χ0) is 48.0. The Bertz CT molecular complexity index is 2150. The smallest absolute Gasteiger partial charge is 0.338 e. The van der Waals surface area contributed by atoms with Gasteiger partial charge in [0, 0.05) is 28.7 Å². The third kappa shape index (κ3) is 13.0. The number of hydrogen-bond donors (Lipinski definition) is 3. The van der Waals surface area contributed by atoms with E-state index in [0.717, 1.165) is 25.7 Å². The summed E-state index contributed by atoms with van der Waals surface area (Å²) in [5.41, 5.74) is 0.927. The number of amides is 1. The first kappa shape index (κ1) is 51.0. The van der Waals surface area contributed by atoms with Gasteiger partial charge in [-0.2, -0.15) is 0 Å². The molecule has 2 aromatic carbocycles. The Kier molecular flexibility index (Phi) is 17.9. The molecule has 4 unspecified atom stereocenters. The van der Waals surface area contributed by atoms with Gasteiger partial charge >= 0.3 is 23.9 Å². The van der Waals surface area contributed by atoms with Crippen molar-refractivity contribution in [1.82, 2.24) is 5.32 Å². The second-order valence-electron chi connectivity index (χ2n) is 18.5. The van der Waals surface area contributed by atoms with Crippen molar-refractivity contribution in [2.24, 2.45) is 22.7 Å². The molecule has 362 valence electrons. The highest BCUT2D eigenvalue weighted by Gasteiger charge is 2.65. The molecule has 2 saturated carbocycles. The number of carbonyl (C=O) groups excluding carboxylic acids is 6.